The summed E-state index contributed by atoms with van der Waals surface area (Å²) in [5.74, 6) is -0.296. The Labute approximate surface area is 112 Å². The molecule has 0 unspecified atom stereocenters. The Balaban J connectivity index is 2.08. The summed E-state index contributed by atoms with van der Waals surface area (Å²) in [6, 6.07) is 1.17. The van der Waals surface area contributed by atoms with Gasteiger partial charge in [0.1, 0.15) is 10.7 Å². The standard InChI is InChI=1S/C12H18N2O4S/c1-3-12(4-5-12)7-14-11(15)9-6-10(8(2)18-9)19(13,16)17/h6H,3-5,7H2,1-2H3,(H,14,15)(H2,13,16,17). The number of nitrogens with two attached hydrogens (primary N) is 1. The van der Waals surface area contributed by atoms with Gasteiger partial charge in [0.2, 0.25) is 10.0 Å². The van der Waals surface area contributed by atoms with Crippen molar-refractivity contribution in [1.82, 2.24) is 5.32 Å². The Morgan fingerprint density at radius 1 is 1.53 bits per heavy atom. The highest BCUT2D eigenvalue weighted by Crippen LogP contribution is 2.47. The van der Waals surface area contributed by atoms with E-state index in [4.69, 9.17) is 9.56 Å². The Bertz CT molecular complexity index is 599. The number of rotatable bonds is 5. The summed E-state index contributed by atoms with van der Waals surface area (Å²) in [5, 5.41) is 7.80. The van der Waals surface area contributed by atoms with Crippen LogP contribution >= 0.6 is 0 Å². The SMILES string of the molecule is CCC1(CNC(=O)c2cc(S(N)(=O)=O)c(C)o2)CC1. The topological polar surface area (TPSA) is 102 Å². The molecule has 0 bridgehead atoms. The number of primary sulfonamides is 1. The van der Waals surface area contributed by atoms with E-state index in [1.165, 1.54) is 13.0 Å². The molecule has 3 N–H and O–H groups in total. The molecule has 0 saturated heterocycles. The minimum atomic E-state index is -3.86. The van der Waals surface area contributed by atoms with Gasteiger partial charge in [0.15, 0.2) is 5.76 Å². The molecule has 6 nitrogen and oxygen atoms in total. The van der Waals surface area contributed by atoms with Crippen molar-refractivity contribution < 1.29 is 17.6 Å². The van der Waals surface area contributed by atoms with Gasteiger partial charge in [-0.25, -0.2) is 13.6 Å². The zero-order valence-corrected chi connectivity index (χ0v) is 11.8. The number of nitrogens with one attached hydrogen (secondary N) is 1. The highest BCUT2D eigenvalue weighted by atomic mass is 32.2. The van der Waals surface area contributed by atoms with Crippen LogP contribution in [0.4, 0.5) is 0 Å². The molecule has 1 aliphatic rings. The van der Waals surface area contributed by atoms with Gasteiger partial charge in [-0.1, -0.05) is 6.92 Å². The number of sulfonamides is 1. The molecule has 7 heteroatoms. The third kappa shape index (κ3) is 2.98. The third-order valence-electron chi connectivity index (χ3n) is 3.73. The molecule has 0 atom stereocenters. The molecule has 1 heterocycles. The molecule has 1 aromatic heterocycles. The van der Waals surface area contributed by atoms with E-state index in [1.54, 1.807) is 0 Å². The van der Waals surface area contributed by atoms with Gasteiger partial charge in [-0.05, 0) is 31.6 Å². The number of hydrogen-bond acceptors (Lipinski definition) is 4. The second-order valence-corrected chi connectivity index (χ2v) is 6.64. The van der Waals surface area contributed by atoms with E-state index in [0.29, 0.717) is 6.54 Å². The number of furan rings is 1. The number of aryl methyl sites for hydroxylation is 1. The van der Waals surface area contributed by atoms with Crippen LogP contribution in [-0.4, -0.2) is 20.9 Å². The summed E-state index contributed by atoms with van der Waals surface area (Å²) >= 11 is 0. The smallest absolute Gasteiger partial charge is 0.287 e. The van der Waals surface area contributed by atoms with E-state index in [1.807, 2.05) is 0 Å². The zero-order chi connectivity index (χ0) is 14.3. The van der Waals surface area contributed by atoms with Crippen LogP contribution in [0.3, 0.4) is 0 Å². The molecule has 0 spiro atoms. The predicted molar refractivity (Wildman–Crippen MR) is 69.1 cm³/mol. The molecule has 2 rings (SSSR count). The Morgan fingerprint density at radius 3 is 2.58 bits per heavy atom. The molecule has 1 aliphatic carbocycles. The number of hydrogen-bond donors (Lipinski definition) is 2. The van der Waals surface area contributed by atoms with Crippen LogP contribution in [0.5, 0.6) is 0 Å². The molecule has 1 amide bonds. The third-order valence-corrected chi connectivity index (χ3v) is 4.75. The second-order valence-electron chi connectivity index (χ2n) is 5.11. The molecule has 1 aromatic rings. The Morgan fingerprint density at radius 2 is 2.16 bits per heavy atom. The van der Waals surface area contributed by atoms with Gasteiger partial charge in [0, 0.05) is 12.6 Å². The van der Waals surface area contributed by atoms with Gasteiger partial charge in [0.25, 0.3) is 5.91 Å². The summed E-state index contributed by atoms with van der Waals surface area (Å²) < 4.78 is 27.6. The molecule has 0 aromatic carbocycles. The maximum absolute atomic E-state index is 11.9. The second kappa shape index (κ2) is 4.64. The minimum Gasteiger partial charge on any atom is -0.455 e. The van der Waals surface area contributed by atoms with Crippen LogP contribution in [0.25, 0.3) is 0 Å². The first-order chi connectivity index (χ1) is 8.77. The average molecular weight is 286 g/mol. The normalized spacial score (nSPS) is 17.2. The fraction of sp³-hybridized carbons (Fsp3) is 0.583. The quantitative estimate of drug-likeness (QED) is 0.847. The summed E-state index contributed by atoms with van der Waals surface area (Å²) in [4.78, 5) is 11.7. The molecule has 106 valence electrons. The van der Waals surface area contributed by atoms with Gasteiger partial charge in [-0.15, -0.1) is 0 Å². The fourth-order valence-electron chi connectivity index (χ4n) is 2.05. The first-order valence-electron chi connectivity index (χ1n) is 6.19. The van der Waals surface area contributed by atoms with E-state index in [9.17, 15) is 13.2 Å². The molecular formula is C12H18N2O4S. The summed E-state index contributed by atoms with van der Waals surface area (Å²) in [6.45, 7) is 4.15. The maximum Gasteiger partial charge on any atom is 0.287 e. The largest absolute Gasteiger partial charge is 0.455 e. The monoisotopic (exact) mass is 286 g/mol. The van der Waals surface area contributed by atoms with E-state index < -0.39 is 15.9 Å². The van der Waals surface area contributed by atoms with Crippen LogP contribution in [0, 0.1) is 12.3 Å². The number of carbonyl (C=O) groups is 1. The highest BCUT2D eigenvalue weighted by Gasteiger charge is 2.40. The predicted octanol–water partition coefficient (Wildman–Crippen LogP) is 1.16. The zero-order valence-electron chi connectivity index (χ0n) is 11.0. The summed E-state index contributed by atoms with van der Waals surface area (Å²) in [7, 11) is -3.86. The maximum atomic E-state index is 11.9. The average Bonchev–Trinajstić information content (AvgIpc) is 3.00. The van der Waals surface area contributed by atoms with Crippen molar-refractivity contribution in [2.24, 2.45) is 10.6 Å². The molecule has 0 radical (unpaired) electrons. The number of carbonyl (C=O) groups excluding carboxylic acids is 1. The van der Waals surface area contributed by atoms with Crippen LogP contribution in [0.2, 0.25) is 0 Å². The molecule has 1 fully saturated rings. The lowest BCUT2D eigenvalue weighted by Gasteiger charge is -2.12. The lowest BCUT2D eigenvalue weighted by molar-refractivity contribution is 0.0915. The minimum absolute atomic E-state index is 0.0200. The van der Waals surface area contributed by atoms with Gasteiger partial charge in [0.05, 0.1) is 0 Å². The molecule has 1 saturated carbocycles. The highest BCUT2D eigenvalue weighted by molar-refractivity contribution is 7.89. The van der Waals surface area contributed by atoms with Crippen LogP contribution in [0.15, 0.2) is 15.4 Å². The van der Waals surface area contributed by atoms with Crippen molar-refractivity contribution in [3.63, 3.8) is 0 Å². The number of amides is 1. The fourth-order valence-corrected chi connectivity index (χ4v) is 2.76. The van der Waals surface area contributed by atoms with Gasteiger partial charge in [-0.2, -0.15) is 0 Å². The first kappa shape index (κ1) is 14.1. The molecule has 19 heavy (non-hydrogen) atoms. The van der Waals surface area contributed by atoms with Crippen molar-refractivity contribution in [3.05, 3.63) is 17.6 Å². The lowest BCUT2D eigenvalue weighted by Crippen LogP contribution is -2.29. The van der Waals surface area contributed by atoms with Gasteiger partial charge < -0.3 is 9.73 Å². The van der Waals surface area contributed by atoms with E-state index in [-0.39, 0.29) is 21.8 Å². The van der Waals surface area contributed by atoms with Crippen LogP contribution < -0.4 is 10.5 Å². The van der Waals surface area contributed by atoms with Crippen LogP contribution in [0.1, 0.15) is 42.5 Å². The van der Waals surface area contributed by atoms with Crippen molar-refractivity contribution >= 4 is 15.9 Å². The molecular weight excluding hydrogens is 268 g/mol. The first-order valence-corrected chi connectivity index (χ1v) is 7.73. The Kier molecular flexibility index (Phi) is 3.44. The van der Waals surface area contributed by atoms with Gasteiger partial charge in [-0.3, -0.25) is 4.79 Å². The van der Waals surface area contributed by atoms with Gasteiger partial charge >= 0.3 is 0 Å². The van der Waals surface area contributed by atoms with Crippen molar-refractivity contribution in [2.75, 3.05) is 6.54 Å². The van der Waals surface area contributed by atoms with E-state index >= 15 is 0 Å². The Hall–Kier alpha value is -1.34. The summed E-state index contributed by atoms with van der Waals surface area (Å²) in [5.41, 5.74) is 0.222. The van der Waals surface area contributed by atoms with Crippen molar-refractivity contribution in [3.8, 4) is 0 Å². The van der Waals surface area contributed by atoms with Crippen molar-refractivity contribution in [1.29, 1.82) is 0 Å². The van der Waals surface area contributed by atoms with Crippen molar-refractivity contribution in [2.45, 2.75) is 38.0 Å². The lowest BCUT2D eigenvalue weighted by atomic mass is 10.0. The molecule has 0 aliphatic heterocycles. The van der Waals surface area contributed by atoms with E-state index in [2.05, 4.69) is 12.2 Å². The van der Waals surface area contributed by atoms with E-state index in [0.717, 1.165) is 19.3 Å². The summed E-state index contributed by atoms with van der Waals surface area (Å²) in [6.07, 6.45) is 3.25. The van der Waals surface area contributed by atoms with Crippen LogP contribution in [-0.2, 0) is 10.0 Å².